The number of hydrogen-bond donors (Lipinski definition) is 2. The lowest BCUT2D eigenvalue weighted by molar-refractivity contribution is 0.306. The molecule has 20 heavy (non-hydrogen) atoms. The molecule has 0 aliphatic heterocycles. The lowest BCUT2D eigenvalue weighted by Crippen LogP contribution is -2.13. The van der Waals surface area contributed by atoms with Gasteiger partial charge in [-0.15, -0.1) is 0 Å². The van der Waals surface area contributed by atoms with Crippen molar-refractivity contribution < 1.29 is 9.94 Å². The van der Waals surface area contributed by atoms with E-state index in [9.17, 15) is 0 Å². The third-order valence-electron chi connectivity index (χ3n) is 2.87. The summed E-state index contributed by atoms with van der Waals surface area (Å²) >= 11 is 3.45. The monoisotopic (exact) mass is 334 g/mol. The van der Waals surface area contributed by atoms with Crippen LogP contribution in [0.1, 0.15) is 16.7 Å². The Balaban J connectivity index is 2.09. The van der Waals surface area contributed by atoms with Gasteiger partial charge in [0.2, 0.25) is 0 Å². The number of nitrogens with two attached hydrogens (primary N) is 1. The van der Waals surface area contributed by atoms with Gasteiger partial charge in [-0.3, -0.25) is 0 Å². The summed E-state index contributed by atoms with van der Waals surface area (Å²) in [7, 11) is 0. The molecule has 0 atom stereocenters. The molecule has 0 aliphatic rings. The standard InChI is InChI=1S/C15H15BrN2O2/c1-10-7-13(5-6-14(10)16)20-9-11-3-2-4-12(8-11)15(17)18-19/h2-8,19H,9H2,1H3,(H2,17,18). The average Bonchev–Trinajstić information content (AvgIpc) is 2.48. The first-order valence-electron chi connectivity index (χ1n) is 6.06. The highest BCUT2D eigenvalue weighted by molar-refractivity contribution is 9.10. The molecule has 0 unspecified atom stereocenters. The quantitative estimate of drug-likeness (QED) is 0.389. The molecule has 0 amide bonds. The van der Waals surface area contributed by atoms with Gasteiger partial charge < -0.3 is 15.7 Å². The number of halogens is 1. The number of aryl methyl sites for hydroxylation is 1. The molecule has 2 aromatic rings. The third-order valence-corrected chi connectivity index (χ3v) is 3.76. The van der Waals surface area contributed by atoms with Crippen LogP contribution in [0.4, 0.5) is 0 Å². The van der Waals surface area contributed by atoms with Crippen molar-refractivity contribution in [3.05, 3.63) is 63.6 Å². The summed E-state index contributed by atoms with van der Waals surface area (Å²) in [6.07, 6.45) is 0. The fourth-order valence-corrected chi connectivity index (χ4v) is 2.00. The average molecular weight is 335 g/mol. The largest absolute Gasteiger partial charge is 0.489 e. The number of ether oxygens (including phenoxy) is 1. The van der Waals surface area contributed by atoms with E-state index >= 15 is 0 Å². The summed E-state index contributed by atoms with van der Waals surface area (Å²) in [6.45, 7) is 2.43. The number of nitrogens with zero attached hydrogens (tertiary/aromatic N) is 1. The first-order chi connectivity index (χ1) is 9.60. The second-order valence-electron chi connectivity index (χ2n) is 4.39. The van der Waals surface area contributed by atoms with E-state index < -0.39 is 0 Å². The van der Waals surface area contributed by atoms with Gasteiger partial charge in [0.25, 0.3) is 0 Å². The van der Waals surface area contributed by atoms with Gasteiger partial charge in [-0.1, -0.05) is 39.3 Å². The van der Waals surface area contributed by atoms with Gasteiger partial charge in [-0.05, 0) is 42.3 Å². The summed E-state index contributed by atoms with van der Waals surface area (Å²) in [5.41, 5.74) is 8.30. The van der Waals surface area contributed by atoms with Crippen LogP contribution < -0.4 is 10.5 Å². The molecule has 5 heteroatoms. The molecule has 3 N–H and O–H groups in total. The molecule has 0 heterocycles. The van der Waals surface area contributed by atoms with E-state index in [4.69, 9.17) is 15.7 Å². The highest BCUT2D eigenvalue weighted by Crippen LogP contribution is 2.22. The highest BCUT2D eigenvalue weighted by Gasteiger charge is 2.02. The van der Waals surface area contributed by atoms with Gasteiger partial charge in [0.1, 0.15) is 12.4 Å². The molecule has 0 saturated heterocycles. The molecule has 0 radical (unpaired) electrons. The number of oxime groups is 1. The maximum absolute atomic E-state index is 8.67. The number of rotatable bonds is 4. The van der Waals surface area contributed by atoms with Crippen LogP contribution in [0.25, 0.3) is 0 Å². The first-order valence-corrected chi connectivity index (χ1v) is 6.85. The van der Waals surface area contributed by atoms with Gasteiger partial charge in [-0.2, -0.15) is 0 Å². The Hall–Kier alpha value is -2.01. The Morgan fingerprint density at radius 1 is 1.30 bits per heavy atom. The van der Waals surface area contributed by atoms with E-state index in [1.807, 2.05) is 43.3 Å². The fraction of sp³-hybridized carbons (Fsp3) is 0.133. The van der Waals surface area contributed by atoms with E-state index in [1.165, 1.54) is 0 Å². The summed E-state index contributed by atoms with van der Waals surface area (Å²) in [5.74, 6) is 0.895. The lowest BCUT2D eigenvalue weighted by Gasteiger charge is -2.09. The Morgan fingerprint density at radius 3 is 2.80 bits per heavy atom. The Kier molecular flexibility index (Phi) is 4.63. The van der Waals surface area contributed by atoms with Crippen LogP contribution in [0.5, 0.6) is 5.75 Å². The van der Waals surface area contributed by atoms with Gasteiger partial charge in [0, 0.05) is 10.0 Å². The first kappa shape index (κ1) is 14.4. The lowest BCUT2D eigenvalue weighted by atomic mass is 10.1. The zero-order valence-electron chi connectivity index (χ0n) is 11.0. The second-order valence-corrected chi connectivity index (χ2v) is 5.24. The van der Waals surface area contributed by atoms with Gasteiger partial charge in [0.15, 0.2) is 5.84 Å². The smallest absolute Gasteiger partial charge is 0.170 e. The van der Waals surface area contributed by atoms with Crippen LogP contribution in [0, 0.1) is 6.92 Å². The summed E-state index contributed by atoms with van der Waals surface area (Å²) in [5, 5.41) is 11.7. The normalized spacial score (nSPS) is 11.4. The van der Waals surface area contributed by atoms with E-state index in [2.05, 4.69) is 21.1 Å². The minimum absolute atomic E-state index is 0.0892. The fourth-order valence-electron chi connectivity index (χ4n) is 1.75. The molecule has 0 aromatic heterocycles. The van der Waals surface area contributed by atoms with Crippen LogP contribution in [-0.4, -0.2) is 11.0 Å². The molecule has 2 rings (SSSR count). The molecular formula is C15H15BrN2O2. The van der Waals surface area contributed by atoms with Gasteiger partial charge in [-0.25, -0.2) is 0 Å². The minimum Gasteiger partial charge on any atom is -0.489 e. The van der Waals surface area contributed by atoms with Crippen LogP contribution in [0.15, 0.2) is 52.1 Å². The summed E-state index contributed by atoms with van der Waals surface area (Å²) < 4.78 is 6.79. The Morgan fingerprint density at radius 2 is 2.10 bits per heavy atom. The van der Waals surface area contributed by atoms with Crippen molar-refractivity contribution in [1.29, 1.82) is 0 Å². The number of benzene rings is 2. The molecule has 0 fully saturated rings. The van der Waals surface area contributed by atoms with Crippen LogP contribution in [0.2, 0.25) is 0 Å². The van der Waals surface area contributed by atoms with Crippen molar-refractivity contribution in [2.45, 2.75) is 13.5 Å². The van der Waals surface area contributed by atoms with Crippen LogP contribution in [0.3, 0.4) is 0 Å². The summed E-state index contributed by atoms with van der Waals surface area (Å²) in [4.78, 5) is 0. The minimum atomic E-state index is 0.0892. The molecule has 2 aromatic carbocycles. The molecule has 0 saturated carbocycles. The number of hydrogen-bond acceptors (Lipinski definition) is 3. The zero-order valence-corrected chi connectivity index (χ0v) is 12.6. The van der Waals surface area contributed by atoms with Crippen LogP contribution in [-0.2, 0) is 6.61 Å². The van der Waals surface area contributed by atoms with Crippen molar-refractivity contribution in [3.8, 4) is 5.75 Å². The van der Waals surface area contributed by atoms with E-state index in [0.717, 1.165) is 21.3 Å². The zero-order chi connectivity index (χ0) is 14.5. The maximum Gasteiger partial charge on any atom is 0.170 e. The SMILES string of the molecule is Cc1cc(OCc2cccc(/C(N)=N/O)c2)ccc1Br. The molecule has 4 nitrogen and oxygen atoms in total. The topological polar surface area (TPSA) is 67.8 Å². The Bertz CT molecular complexity index is 642. The van der Waals surface area contributed by atoms with Crippen molar-refractivity contribution in [1.82, 2.24) is 0 Å². The molecular weight excluding hydrogens is 320 g/mol. The van der Waals surface area contributed by atoms with E-state index in [0.29, 0.717) is 12.2 Å². The van der Waals surface area contributed by atoms with Crippen molar-refractivity contribution >= 4 is 21.8 Å². The van der Waals surface area contributed by atoms with Gasteiger partial charge >= 0.3 is 0 Å². The summed E-state index contributed by atoms with van der Waals surface area (Å²) in [6, 6.07) is 13.2. The third kappa shape index (κ3) is 3.51. The van der Waals surface area contributed by atoms with E-state index in [-0.39, 0.29) is 5.84 Å². The molecule has 0 spiro atoms. The van der Waals surface area contributed by atoms with Crippen molar-refractivity contribution in [2.24, 2.45) is 10.9 Å². The van der Waals surface area contributed by atoms with Crippen molar-refractivity contribution in [2.75, 3.05) is 0 Å². The van der Waals surface area contributed by atoms with E-state index in [1.54, 1.807) is 6.07 Å². The maximum atomic E-state index is 8.67. The second kappa shape index (κ2) is 6.43. The predicted octanol–water partition coefficient (Wildman–Crippen LogP) is 3.43. The molecule has 0 bridgehead atoms. The Labute approximate surface area is 126 Å². The van der Waals surface area contributed by atoms with Crippen LogP contribution >= 0.6 is 15.9 Å². The molecule has 104 valence electrons. The highest BCUT2D eigenvalue weighted by atomic mass is 79.9. The number of amidine groups is 1. The predicted molar refractivity (Wildman–Crippen MR) is 82.2 cm³/mol. The van der Waals surface area contributed by atoms with Crippen molar-refractivity contribution in [3.63, 3.8) is 0 Å². The molecule has 0 aliphatic carbocycles. The van der Waals surface area contributed by atoms with Gasteiger partial charge in [0.05, 0.1) is 0 Å².